The lowest BCUT2D eigenvalue weighted by molar-refractivity contribution is -0.385. The topological polar surface area (TPSA) is 103 Å². The Morgan fingerprint density at radius 2 is 1.73 bits per heavy atom. The minimum Gasteiger partial charge on any atom is -0.434 e. The number of hydrogen-bond acceptors (Lipinski definition) is 7. The van der Waals surface area contributed by atoms with Crippen molar-refractivity contribution in [2.24, 2.45) is 0 Å². The fourth-order valence-electron chi connectivity index (χ4n) is 2.59. The Kier molecular flexibility index (Phi) is 5.74. The van der Waals surface area contributed by atoms with E-state index in [9.17, 15) is 23.3 Å². The molecule has 0 saturated carbocycles. The van der Waals surface area contributed by atoms with Gasteiger partial charge in [-0.2, -0.15) is 18.2 Å². The highest BCUT2D eigenvalue weighted by molar-refractivity contribution is 6.33. The molecular formula is C18H13ClF3N5O3. The molecule has 30 heavy (non-hydrogen) atoms. The van der Waals surface area contributed by atoms with Gasteiger partial charge in [0.2, 0.25) is 5.82 Å². The molecule has 0 amide bonds. The van der Waals surface area contributed by atoms with Gasteiger partial charge in [0.25, 0.3) is 0 Å². The zero-order valence-corrected chi connectivity index (χ0v) is 16.2. The zero-order valence-electron chi connectivity index (χ0n) is 15.5. The standard InChI is InChI=1S/C18H13ClF3N5O3/c1-9-3-10(2)5-12(4-9)30-17-14(27(28)29)16(24-8-25-17)26-15-13(19)6-11(7-23-15)18(20,21)22/h3-8H,1-2H3,(H,23,24,25,26). The molecule has 0 aliphatic heterocycles. The molecule has 0 spiro atoms. The van der Waals surface area contributed by atoms with Gasteiger partial charge in [0.1, 0.15) is 12.1 Å². The fourth-order valence-corrected chi connectivity index (χ4v) is 2.81. The molecular weight excluding hydrogens is 427 g/mol. The van der Waals surface area contributed by atoms with Gasteiger partial charge < -0.3 is 10.1 Å². The van der Waals surface area contributed by atoms with E-state index in [1.54, 1.807) is 12.1 Å². The first-order valence-electron chi connectivity index (χ1n) is 8.30. The maximum Gasteiger partial charge on any atom is 0.417 e. The number of aryl methyl sites for hydroxylation is 2. The Morgan fingerprint density at radius 3 is 2.30 bits per heavy atom. The fraction of sp³-hybridized carbons (Fsp3) is 0.167. The van der Waals surface area contributed by atoms with Crippen molar-refractivity contribution in [3.05, 3.63) is 68.6 Å². The lowest BCUT2D eigenvalue weighted by Gasteiger charge is -2.12. The van der Waals surface area contributed by atoms with Crippen LogP contribution in [0.1, 0.15) is 16.7 Å². The van der Waals surface area contributed by atoms with Crippen LogP contribution in [-0.2, 0) is 6.18 Å². The third-order valence-corrected chi connectivity index (χ3v) is 4.07. The van der Waals surface area contributed by atoms with E-state index in [0.717, 1.165) is 17.5 Å². The number of hydrogen-bond donors (Lipinski definition) is 1. The van der Waals surface area contributed by atoms with Crippen LogP contribution in [0, 0.1) is 24.0 Å². The van der Waals surface area contributed by atoms with Gasteiger partial charge in [0.15, 0.2) is 5.82 Å². The van der Waals surface area contributed by atoms with Crippen LogP contribution >= 0.6 is 11.6 Å². The first-order valence-corrected chi connectivity index (χ1v) is 8.67. The van der Waals surface area contributed by atoms with Gasteiger partial charge >= 0.3 is 17.7 Å². The molecule has 1 N–H and O–H groups in total. The SMILES string of the molecule is Cc1cc(C)cc(Oc2ncnc(Nc3ncc(C(F)(F)F)cc3Cl)c2[N+](=O)[O-])c1. The minimum atomic E-state index is -4.64. The lowest BCUT2D eigenvalue weighted by Crippen LogP contribution is -2.08. The second-order valence-electron chi connectivity index (χ2n) is 6.24. The molecule has 0 saturated heterocycles. The monoisotopic (exact) mass is 439 g/mol. The number of halogens is 4. The molecule has 0 atom stereocenters. The number of ether oxygens (including phenoxy) is 1. The number of aromatic nitrogens is 3. The smallest absolute Gasteiger partial charge is 0.417 e. The third-order valence-electron chi connectivity index (χ3n) is 3.79. The van der Waals surface area contributed by atoms with E-state index in [1.165, 1.54) is 0 Å². The third kappa shape index (κ3) is 4.74. The number of benzene rings is 1. The molecule has 0 radical (unpaired) electrons. The summed E-state index contributed by atoms with van der Waals surface area (Å²) in [6.45, 7) is 3.67. The normalized spacial score (nSPS) is 11.3. The van der Waals surface area contributed by atoms with E-state index in [-0.39, 0.29) is 17.5 Å². The maximum atomic E-state index is 12.8. The van der Waals surface area contributed by atoms with Gasteiger partial charge in [-0.1, -0.05) is 17.7 Å². The molecule has 0 aliphatic rings. The number of nitrogens with zero attached hydrogens (tertiary/aromatic N) is 4. The maximum absolute atomic E-state index is 12.8. The number of nitrogens with one attached hydrogen (secondary N) is 1. The Hall–Kier alpha value is -3.47. The molecule has 0 unspecified atom stereocenters. The van der Waals surface area contributed by atoms with Gasteiger partial charge in [0.05, 0.1) is 15.5 Å². The predicted molar refractivity (Wildman–Crippen MR) is 102 cm³/mol. The summed E-state index contributed by atoms with van der Waals surface area (Å²) < 4.78 is 43.9. The van der Waals surface area contributed by atoms with Gasteiger partial charge in [-0.25, -0.2) is 9.97 Å². The largest absolute Gasteiger partial charge is 0.434 e. The molecule has 2 aromatic heterocycles. The van der Waals surface area contributed by atoms with Crippen LogP contribution < -0.4 is 10.1 Å². The average molecular weight is 440 g/mol. The lowest BCUT2D eigenvalue weighted by atomic mass is 10.1. The van der Waals surface area contributed by atoms with Crippen molar-refractivity contribution < 1.29 is 22.8 Å². The first-order chi connectivity index (χ1) is 14.0. The quantitative estimate of drug-likeness (QED) is 0.407. The number of alkyl halides is 3. The molecule has 12 heteroatoms. The van der Waals surface area contributed by atoms with Gasteiger partial charge in [-0.3, -0.25) is 10.1 Å². The average Bonchev–Trinajstić information content (AvgIpc) is 2.61. The van der Waals surface area contributed by atoms with Crippen molar-refractivity contribution in [2.45, 2.75) is 20.0 Å². The Labute approximate surface area is 172 Å². The molecule has 1 aromatic carbocycles. The molecule has 3 rings (SSSR count). The van der Waals surface area contributed by atoms with Crippen molar-refractivity contribution in [2.75, 3.05) is 5.32 Å². The summed E-state index contributed by atoms with van der Waals surface area (Å²) in [5, 5.41) is 13.7. The van der Waals surface area contributed by atoms with Crippen molar-refractivity contribution in [1.82, 2.24) is 15.0 Å². The second-order valence-corrected chi connectivity index (χ2v) is 6.64. The Bertz CT molecular complexity index is 1100. The second kappa shape index (κ2) is 8.11. The first kappa shape index (κ1) is 21.2. The molecule has 0 aliphatic carbocycles. The number of nitro groups is 1. The van der Waals surface area contributed by atoms with E-state index in [1.807, 2.05) is 19.9 Å². The van der Waals surface area contributed by atoms with Crippen molar-refractivity contribution >= 4 is 28.9 Å². The highest BCUT2D eigenvalue weighted by Crippen LogP contribution is 2.38. The number of rotatable bonds is 5. The van der Waals surface area contributed by atoms with Crippen LogP contribution in [0.5, 0.6) is 11.6 Å². The van der Waals surface area contributed by atoms with E-state index < -0.39 is 27.4 Å². The van der Waals surface area contributed by atoms with Gasteiger partial charge in [-0.15, -0.1) is 0 Å². The molecule has 8 nitrogen and oxygen atoms in total. The number of anilines is 2. The molecule has 2 heterocycles. The molecule has 3 aromatic rings. The predicted octanol–water partition coefficient (Wildman–Crippen LogP) is 5.60. The summed E-state index contributed by atoms with van der Waals surface area (Å²) in [5.41, 5.74) is 0.0603. The summed E-state index contributed by atoms with van der Waals surface area (Å²) >= 11 is 5.85. The van der Waals surface area contributed by atoms with Crippen LogP contribution in [-0.4, -0.2) is 19.9 Å². The number of pyridine rings is 1. The van der Waals surface area contributed by atoms with Gasteiger partial charge in [-0.05, 0) is 43.2 Å². The minimum absolute atomic E-state index is 0.246. The van der Waals surface area contributed by atoms with E-state index in [0.29, 0.717) is 18.0 Å². The molecule has 0 fully saturated rings. The summed E-state index contributed by atoms with van der Waals surface area (Å²) in [5.74, 6) is -0.621. The zero-order chi connectivity index (χ0) is 22.1. The van der Waals surface area contributed by atoms with Crippen molar-refractivity contribution in [3.63, 3.8) is 0 Å². The summed E-state index contributed by atoms with van der Waals surface area (Å²) in [4.78, 5) is 22.0. The van der Waals surface area contributed by atoms with Crippen molar-refractivity contribution in [1.29, 1.82) is 0 Å². The van der Waals surface area contributed by atoms with E-state index >= 15 is 0 Å². The van der Waals surface area contributed by atoms with Crippen LogP contribution in [0.15, 0.2) is 36.8 Å². The van der Waals surface area contributed by atoms with Crippen molar-refractivity contribution in [3.8, 4) is 11.6 Å². The van der Waals surface area contributed by atoms with Gasteiger partial charge in [0, 0.05) is 6.20 Å². The molecule has 0 bridgehead atoms. The highest BCUT2D eigenvalue weighted by Gasteiger charge is 2.32. The Balaban J connectivity index is 1.98. The highest BCUT2D eigenvalue weighted by atomic mass is 35.5. The van der Waals surface area contributed by atoms with E-state index in [4.69, 9.17) is 16.3 Å². The van der Waals surface area contributed by atoms with Crippen LogP contribution in [0.4, 0.5) is 30.5 Å². The van der Waals surface area contributed by atoms with Crippen LogP contribution in [0.3, 0.4) is 0 Å². The summed E-state index contributed by atoms with van der Waals surface area (Å²) in [6, 6.07) is 5.88. The van der Waals surface area contributed by atoms with Crippen LogP contribution in [0.2, 0.25) is 5.02 Å². The van der Waals surface area contributed by atoms with E-state index in [2.05, 4.69) is 20.3 Å². The summed E-state index contributed by atoms with van der Waals surface area (Å²) in [6.07, 6.45) is -3.08. The Morgan fingerprint density at radius 1 is 1.07 bits per heavy atom. The van der Waals surface area contributed by atoms with Crippen LogP contribution in [0.25, 0.3) is 0 Å². The molecule has 156 valence electrons. The summed E-state index contributed by atoms with van der Waals surface area (Å²) in [7, 11) is 0.